The zero-order chi connectivity index (χ0) is 24.1. The van der Waals surface area contributed by atoms with Crippen LogP contribution in [0.15, 0.2) is 78.1 Å². The Morgan fingerprint density at radius 3 is 2.56 bits per heavy atom. The maximum atomic E-state index is 12.8. The highest BCUT2D eigenvalue weighted by molar-refractivity contribution is 6.35. The number of carbonyl (C=O) groups is 1. The molecule has 4 rings (SSSR count). The standard InChI is InChI=1S/C26H21Cl2N3O3/c1-34-21-4-2-3-19(15-21)7-10-24-22(27)16-23(28)26(33)31(24)13-11-18-5-8-20(9-6-18)25(32)30-14-12-29-17-30/h2-10,12,14-17H,11,13H2,1H3/b10-7+. The fourth-order valence-electron chi connectivity index (χ4n) is 3.51. The number of aryl methyl sites for hydroxylation is 1. The summed E-state index contributed by atoms with van der Waals surface area (Å²) in [6.45, 7) is 0.367. The molecule has 0 saturated carbocycles. The number of benzene rings is 2. The molecule has 2 heterocycles. The van der Waals surface area contributed by atoms with E-state index in [0.29, 0.717) is 29.2 Å². The van der Waals surface area contributed by atoms with Crippen LogP contribution in [0.1, 0.15) is 27.2 Å². The van der Waals surface area contributed by atoms with Crippen LogP contribution in [0.5, 0.6) is 5.75 Å². The molecule has 4 aromatic rings. The Morgan fingerprint density at radius 1 is 1.06 bits per heavy atom. The first-order valence-electron chi connectivity index (χ1n) is 10.5. The van der Waals surface area contributed by atoms with Gasteiger partial charge >= 0.3 is 0 Å². The number of methoxy groups -OCH3 is 1. The van der Waals surface area contributed by atoms with E-state index in [1.165, 1.54) is 17.0 Å². The second-order valence-corrected chi connectivity index (χ2v) is 8.33. The van der Waals surface area contributed by atoms with Gasteiger partial charge in [-0.1, -0.05) is 53.5 Å². The number of imidazole rings is 1. The molecule has 0 aliphatic rings. The molecule has 34 heavy (non-hydrogen) atoms. The van der Waals surface area contributed by atoms with Gasteiger partial charge in [0, 0.05) is 24.5 Å². The lowest BCUT2D eigenvalue weighted by atomic mass is 10.1. The quantitative estimate of drug-likeness (QED) is 0.342. The molecule has 6 nitrogen and oxygen atoms in total. The van der Waals surface area contributed by atoms with Gasteiger partial charge in [-0.25, -0.2) is 4.98 Å². The molecule has 2 aromatic carbocycles. The highest BCUT2D eigenvalue weighted by atomic mass is 35.5. The maximum Gasteiger partial charge on any atom is 0.269 e. The number of aromatic nitrogens is 3. The molecular weight excluding hydrogens is 473 g/mol. The second kappa shape index (κ2) is 10.5. The summed E-state index contributed by atoms with van der Waals surface area (Å²) < 4.78 is 8.24. The van der Waals surface area contributed by atoms with Gasteiger partial charge in [-0.2, -0.15) is 0 Å². The van der Waals surface area contributed by atoms with Gasteiger partial charge in [0.2, 0.25) is 0 Å². The first-order chi connectivity index (χ1) is 16.5. The van der Waals surface area contributed by atoms with Crippen LogP contribution in [0, 0.1) is 0 Å². The topological polar surface area (TPSA) is 66.1 Å². The normalized spacial score (nSPS) is 11.1. The summed E-state index contributed by atoms with van der Waals surface area (Å²) in [4.78, 5) is 29.1. The maximum absolute atomic E-state index is 12.8. The van der Waals surface area contributed by atoms with Crippen LogP contribution in [0.25, 0.3) is 12.2 Å². The third kappa shape index (κ3) is 5.30. The predicted octanol–water partition coefficient (Wildman–Crippen LogP) is 5.46. The lowest BCUT2D eigenvalue weighted by molar-refractivity contribution is 0.0959. The summed E-state index contributed by atoms with van der Waals surface area (Å²) in [5.74, 6) is 0.573. The molecule has 0 amide bonds. The molecular formula is C26H21Cl2N3O3. The average Bonchev–Trinajstić information content (AvgIpc) is 3.40. The van der Waals surface area contributed by atoms with Crippen molar-refractivity contribution in [2.75, 3.05) is 7.11 Å². The number of carbonyl (C=O) groups excluding carboxylic acids is 1. The van der Waals surface area contributed by atoms with Gasteiger partial charge in [-0.05, 0) is 54.0 Å². The Bertz CT molecular complexity index is 1390. The van der Waals surface area contributed by atoms with Crippen molar-refractivity contribution >= 4 is 41.3 Å². The molecule has 0 bridgehead atoms. The fraction of sp³-hybridized carbons (Fsp3) is 0.115. The number of hydrogen-bond acceptors (Lipinski definition) is 4. The summed E-state index contributed by atoms with van der Waals surface area (Å²) >= 11 is 12.6. The average molecular weight is 494 g/mol. The minimum absolute atomic E-state index is 0.0600. The molecule has 0 unspecified atom stereocenters. The van der Waals surface area contributed by atoms with E-state index in [2.05, 4.69) is 4.98 Å². The van der Waals surface area contributed by atoms with Crippen LogP contribution in [-0.4, -0.2) is 27.1 Å². The summed E-state index contributed by atoms with van der Waals surface area (Å²) in [5.41, 5.74) is 2.66. The van der Waals surface area contributed by atoms with Gasteiger partial charge in [0.1, 0.15) is 17.1 Å². The molecule has 0 saturated heterocycles. The van der Waals surface area contributed by atoms with Gasteiger partial charge in [0.15, 0.2) is 0 Å². The largest absolute Gasteiger partial charge is 0.497 e. The predicted molar refractivity (Wildman–Crippen MR) is 135 cm³/mol. The van der Waals surface area contributed by atoms with Crippen LogP contribution >= 0.6 is 23.2 Å². The molecule has 172 valence electrons. The smallest absolute Gasteiger partial charge is 0.269 e. The summed E-state index contributed by atoms with van der Waals surface area (Å²) in [6, 6.07) is 16.3. The molecule has 0 N–H and O–H groups in total. The van der Waals surface area contributed by atoms with E-state index in [1.54, 1.807) is 42.3 Å². The number of ether oxygens (including phenoxy) is 1. The molecule has 0 spiro atoms. The SMILES string of the molecule is COc1cccc(/C=C/c2c(Cl)cc(Cl)c(=O)n2CCc2ccc(C(=O)n3ccnc3)cc2)c1. The number of hydrogen-bond donors (Lipinski definition) is 0. The van der Waals surface area contributed by atoms with E-state index in [-0.39, 0.29) is 16.5 Å². The number of rotatable bonds is 7. The van der Waals surface area contributed by atoms with Crippen molar-refractivity contribution < 1.29 is 9.53 Å². The van der Waals surface area contributed by atoms with Gasteiger partial charge in [-0.3, -0.25) is 14.2 Å². The first kappa shape index (κ1) is 23.5. The zero-order valence-corrected chi connectivity index (χ0v) is 19.8. The van der Waals surface area contributed by atoms with E-state index in [1.807, 2.05) is 42.5 Å². The van der Waals surface area contributed by atoms with Crippen molar-refractivity contribution in [3.8, 4) is 5.75 Å². The van der Waals surface area contributed by atoms with E-state index in [4.69, 9.17) is 27.9 Å². The molecule has 0 atom stereocenters. The van der Waals surface area contributed by atoms with Crippen molar-refractivity contribution in [1.82, 2.24) is 14.1 Å². The van der Waals surface area contributed by atoms with Crippen LogP contribution in [0.2, 0.25) is 10.0 Å². The minimum atomic E-state index is -0.316. The zero-order valence-electron chi connectivity index (χ0n) is 18.3. The fourth-order valence-corrected chi connectivity index (χ4v) is 4.05. The minimum Gasteiger partial charge on any atom is -0.497 e. The Kier molecular flexibility index (Phi) is 7.30. The molecule has 2 aromatic heterocycles. The van der Waals surface area contributed by atoms with Gasteiger partial charge < -0.3 is 9.30 Å². The van der Waals surface area contributed by atoms with E-state index < -0.39 is 0 Å². The molecule has 8 heteroatoms. The Hall–Kier alpha value is -3.61. The van der Waals surface area contributed by atoms with Crippen molar-refractivity contribution in [1.29, 1.82) is 0 Å². The Balaban J connectivity index is 1.56. The Morgan fingerprint density at radius 2 is 1.85 bits per heavy atom. The number of nitrogens with zero attached hydrogens (tertiary/aromatic N) is 3. The number of halogens is 2. The van der Waals surface area contributed by atoms with E-state index in [9.17, 15) is 9.59 Å². The monoisotopic (exact) mass is 493 g/mol. The third-order valence-corrected chi connectivity index (χ3v) is 5.90. The van der Waals surface area contributed by atoms with E-state index >= 15 is 0 Å². The highest BCUT2D eigenvalue weighted by Crippen LogP contribution is 2.22. The van der Waals surface area contributed by atoms with E-state index in [0.717, 1.165) is 16.9 Å². The van der Waals surface area contributed by atoms with Crippen LogP contribution in [-0.2, 0) is 13.0 Å². The first-order valence-corrected chi connectivity index (χ1v) is 11.2. The second-order valence-electron chi connectivity index (χ2n) is 7.51. The lowest BCUT2D eigenvalue weighted by Crippen LogP contribution is -2.24. The summed E-state index contributed by atoms with van der Waals surface area (Å²) in [7, 11) is 1.61. The molecule has 0 aliphatic carbocycles. The van der Waals surface area contributed by atoms with Crippen LogP contribution < -0.4 is 10.3 Å². The van der Waals surface area contributed by atoms with Gasteiger partial charge in [0.05, 0.1) is 17.8 Å². The van der Waals surface area contributed by atoms with Crippen molar-refractivity contribution in [3.63, 3.8) is 0 Å². The van der Waals surface area contributed by atoms with Crippen LogP contribution in [0.4, 0.5) is 0 Å². The summed E-state index contributed by atoms with van der Waals surface area (Å²) in [5, 5.41) is 0.440. The van der Waals surface area contributed by atoms with Crippen molar-refractivity contribution in [2.45, 2.75) is 13.0 Å². The molecule has 0 radical (unpaired) electrons. The summed E-state index contributed by atoms with van der Waals surface area (Å²) in [6.07, 6.45) is 8.83. The molecule has 0 fully saturated rings. The van der Waals surface area contributed by atoms with Crippen LogP contribution in [0.3, 0.4) is 0 Å². The number of pyridine rings is 1. The van der Waals surface area contributed by atoms with Gasteiger partial charge in [0.25, 0.3) is 11.5 Å². The molecule has 0 aliphatic heterocycles. The lowest BCUT2D eigenvalue weighted by Gasteiger charge is -2.13. The highest BCUT2D eigenvalue weighted by Gasteiger charge is 2.12. The van der Waals surface area contributed by atoms with Gasteiger partial charge in [-0.15, -0.1) is 0 Å². The van der Waals surface area contributed by atoms with Crippen molar-refractivity contribution in [2.24, 2.45) is 0 Å². The Labute approximate surface area is 206 Å². The van der Waals surface area contributed by atoms with Crippen molar-refractivity contribution in [3.05, 3.63) is 116 Å². The third-order valence-electron chi connectivity index (χ3n) is 5.33.